The number of nitrogens with one attached hydrogen (secondary N) is 1. The summed E-state index contributed by atoms with van der Waals surface area (Å²) in [6, 6.07) is 20.8. The predicted molar refractivity (Wildman–Crippen MR) is 137 cm³/mol. The van der Waals surface area contributed by atoms with Crippen molar-refractivity contribution in [3.05, 3.63) is 83.4 Å². The van der Waals surface area contributed by atoms with Crippen molar-refractivity contribution in [3.63, 3.8) is 0 Å². The van der Waals surface area contributed by atoms with Crippen LogP contribution in [0, 0.1) is 0 Å². The monoisotopic (exact) mass is 476 g/mol. The first-order valence-corrected chi connectivity index (χ1v) is 12.1. The molecule has 3 aromatic rings. The first-order chi connectivity index (χ1) is 16.4. The molecular weight excluding hydrogens is 448 g/mol. The van der Waals surface area contributed by atoms with E-state index < -0.39 is 0 Å². The van der Waals surface area contributed by atoms with E-state index in [2.05, 4.69) is 25.2 Å². The molecule has 1 heterocycles. The zero-order chi connectivity index (χ0) is 24.2. The van der Waals surface area contributed by atoms with Gasteiger partial charge in [-0.05, 0) is 47.4 Å². The van der Waals surface area contributed by atoms with E-state index in [9.17, 15) is 9.59 Å². The van der Waals surface area contributed by atoms with Crippen LogP contribution in [0.1, 0.15) is 46.6 Å². The molecule has 1 fully saturated rings. The van der Waals surface area contributed by atoms with Crippen LogP contribution in [0.25, 0.3) is 0 Å². The smallest absolute Gasteiger partial charge is 0.255 e. The van der Waals surface area contributed by atoms with Crippen LogP contribution in [-0.4, -0.2) is 31.8 Å². The maximum absolute atomic E-state index is 12.8. The van der Waals surface area contributed by atoms with Crippen molar-refractivity contribution in [1.82, 2.24) is 0 Å². The highest BCUT2D eigenvalue weighted by molar-refractivity contribution is 8.00. The number of carbonyl (C=O) groups is 2. The lowest BCUT2D eigenvalue weighted by molar-refractivity contribution is -0.115. The topological polar surface area (TPSA) is 67.9 Å². The van der Waals surface area contributed by atoms with Crippen molar-refractivity contribution in [2.75, 3.05) is 30.2 Å². The molecular formula is C27H28N2O4S. The Morgan fingerprint density at radius 2 is 1.65 bits per heavy atom. The molecule has 1 aliphatic heterocycles. The molecule has 6 nitrogen and oxygen atoms in total. The Hall–Kier alpha value is -3.45. The molecule has 3 aromatic carbocycles. The number of thioether (sulfide) groups is 1. The molecule has 1 aliphatic rings. The van der Waals surface area contributed by atoms with Gasteiger partial charge in [0.15, 0.2) is 0 Å². The van der Waals surface area contributed by atoms with Gasteiger partial charge < -0.3 is 14.8 Å². The maximum Gasteiger partial charge on any atom is 0.255 e. The summed E-state index contributed by atoms with van der Waals surface area (Å²) in [6.45, 7) is 4.27. The lowest BCUT2D eigenvalue weighted by Gasteiger charge is -2.27. The van der Waals surface area contributed by atoms with Gasteiger partial charge >= 0.3 is 0 Å². The first kappa shape index (κ1) is 23.7. The molecule has 1 atom stereocenters. The molecule has 0 aromatic heterocycles. The van der Waals surface area contributed by atoms with Gasteiger partial charge in [0.05, 0.1) is 20.0 Å². The fourth-order valence-electron chi connectivity index (χ4n) is 4.00. The molecule has 0 bridgehead atoms. The van der Waals surface area contributed by atoms with Gasteiger partial charge in [0.25, 0.3) is 5.91 Å². The number of anilines is 2. The van der Waals surface area contributed by atoms with Crippen LogP contribution in [0.2, 0.25) is 0 Å². The van der Waals surface area contributed by atoms with Crippen LogP contribution in [-0.2, 0) is 4.79 Å². The molecule has 1 saturated heterocycles. The highest BCUT2D eigenvalue weighted by Crippen LogP contribution is 2.44. The van der Waals surface area contributed by atoms with E-state index in [1.54, 1.807) is 44.2 Å². The average molecular weight is 477 g/mol. The standard InChI is InChI=1S/C27H28N2O4S/c1-17(2)23-7-5-6-8-24(23)29-25(30)16-34-27(29)18-9-11-20(12-10-18)28-26(31)19-13-21(32-3)15-22(14-19)33-4/h5-15,17,27H,16H2,1-4H3,(H,28,31). The van der Waals surface area contributed by atoms with Crippen LogP contribution in [0.4, 0.5) is 11.4 Å². The fourth-order valence-corrected chi connectivity index (χ4v) is 5.17. The fraction of sp³-hybridized carbons (Fsp3) is 0.259. The molecule has 2 amide bonds. The summed E-state index contributed by atoms with van der Waals surface area (Å²) in [5, 5.41) is 2.81. The summed E-state index contributed by atoms with van der Waals surface area (Å²) in [7, 11) is 3.09. The van der Waals surface area contributed by atoms with Crippen LogP contribution in [0.15, 0.2) is 66.7 Å². The van der Waals surface area contributed by atoms with Crippen molar-refractivity contribution in [2.24, 2.45) is 0 Å². The van der Waals surface area contributed by atoms with Crippen LogP contribution >= 0.6 is 11.8 Å². The Kier molecular flexibility index (Phi) is 7.12. The van der Waals surface area contributed by atoms with Crippen LogP contribution in [0.3, 0.4) is 0 Å². The number of amides is 2. The van der Waals surface area contributed by atoms with Crippen molar-refractivity contribution >= 4 is 35.0 Å². The molecule has 0 spiro atoms. The van der Waals surface area contributed by atoms with E-state index in [-0.39, 0.29) is 17.2 Å². The third kappa shape index (κ3) is 4.89. The number of ether oxygens (including phenoxy) is 2. The van der Waals surface area contributed by atoms with Gasteiger partial charge in [-0.25, -0.2) is 0 Å². The number of hydrogen-bond donors (Lipinski definition) is 1. The molecule has 176 valence electrons. The molecule has 1 unspecified atom stereocenters. The van der Waals surface area contributed by atoms with Gasteiger partial charge in [-0.2, -0.15) is 0 Å². The van der Waals surface area contributed by atoms with Gasteiger partial charge in [-0.3, -0.25) is 14.5 Å². The quantitative estimate of drug-likeness (QED) is 0.463. The number of hydrogen-bond acceptors (Lipinski definition) is 5. The second kappa shape index (κ2) is 10.2. The van der Waals surface area contributed by atoms with Gasteiger partial charge in [0, 0.05) is 23.0 Å². The normalized spacial score (nSPS) is 15.5. The van der Waals surface area contributed by atoms with Crippen molar-refractivity contribution < 1.29 is 19.1 Å². The number of para-hydroxylation sites is 1. The molecule has 0 radical (unpaired) electrons. The number of carbonyl (C=O) groups excluding carboxylic acids is 2. The summed E-state index contributed by atoms with van der Waals surface area (Å²) in [5.41, 5.74) is 4.23. The number of methoxy groups -OCH3 is 2. The number of nitrogens with zero attached hydrogens (tertiary/aromatic N) is 1. The van der Waals surface area contributed by atoms with E-state index in [4.69, 9.17) is 9.47 Å². The number of benzene rings is 3. The van der Waals surface area contributed by atoms with Crippen molar-refractivity contribution in [3.8, 4) is 11.5 Å². The van der Waals surface area contributed by atoms with Gasteiger partial charge in [-0.1, -0.05) is 44.2 Å². The largest absolute Gasteiger partial charge is 0.497 e. The minimum atomic E-state index is -0.261. The van der Waals surface area contributed by atoms with Gasteiger partial charge in [0.2, 0.25) is 5.91 Å². The Labute approximate surface area is 204 Å². The van der Waals surface area contributed by atoms with Crippen LogP contribution < -0.4 is 19.7 Å². The Balaban J connectivity index is 1.55. The minimum Gasteiger partial charge on any atom is -0.497 e. The highest BCUT2D eigenvalue weighted by atomic mass is 32.2. The minimum absolute atomic E-state index is 0.104. The molecule has 4 rings (SSSR count). The zero-order valence-corrected chi connectivity index (χ0v) is 20.5. The molecule has 34 heavy (non-hydrogen) atoms. The van der Waals surface area contributed by atoms with Crippen molar-refractivity contribution in [2.45, 2.75) is 25.1 Å². The maximum atomic E-state index is 12.8. The molecule has 7 heteroatoms. The van der Waals surface area contributed by atoms with Gasteiger partial charge in [-0.15, -0.1) is 11.8 Å². The number of rotatable bonds is 7. The van der Waals surface area contributed by atoms with E-state index in [0.717, 1.165) is 16.8 Å². The molecule has 0 aliphatic carbocycles. The second-order valence-electron chi connectivity index (χ2n) is 8.32. The first-order valence-electron chi connectivity index (χ1n) is 11.1. The Morgan fingerprint density at radius 1 is 1.00 bits per heavy atom. The molecule has 0 saturated carbocycles. The summed E-state index contributed by atoms with van der Waals surface area (Å²) >= 11 is 1.61. The average Bonchev–Trinajstić information content (AvgIpc) is 3.25. The molecule has 1 N–H and O–H groups in total. The second-order valence-corrected chi connectivity index (χ2v) is 9.39. The van der Waals surface area contributed by atoms with E-state index >= 15 is 0 Å². The SMILES string of the molecule is COc1cc(OC)cc(C(=O)Nc2ccc(C3SCC(=O)N3c3ccccc3C(C)C)cc2)c1. The summed E-state index contributed by atoms with van der Waals surface area (Å²) in [4.78, 5) is 27.5. The predicted octanol–water partition coefficient (Wildman–Crippen LogP) is 5.86. The zero-order valence-electron chi connectivity index (χ0n) is 19.7. The van der Waals surface area contributed by atoms with E-state index in [1.807, 2.05) is 47.4 Å². The lowest BCUT2D eigenvalue weighted by Crippen LogP contribution is -2.29. The van der Waals surface area contributed by atoms with E-state index in [0.29, 0.717) is 34.4 Å². The van der Waals surface area contributed by atoms with Crippen LogP contribution in [0.5, 0.6) is 11.5 Å². The van der Waals surface area contributed by atoms with Crippen molar-refractivity contribution in [1.29, 1.82) is 0 Å². The summed E-state index contributed by atoms with van der Waals surface area (Å²) in [6.07, 6.45) is 0. The van der Waals surface area contributed by atoms with Gasteiger partial charge in [0.1, 0.15) is 16.9 Å². The highest BCUT2D eigenvalue weighted by Gasteiger charge is 2.35. The summed E-state index contributed by atoms with van der Waals surface area (Å²) in [5.74, 6) is 1.68. The van der Waals surface area contributed by atoms with E-state index in [1.165, 1.54) is 0 Å². The third-order valence-electron chi connectivity index (χ3n) is 5.75. The Morgan fingerprint density at radius 3 is 2.26 bits per heavy atom. The third-order valence-corrected chi connectivity index (χ3v) is 6.97. The lowest BCUT2D eigenvalue weighted by atomic mass is 10.00. The summed E-state index contributed by atoms with van der Waals surface area (Å²) < 4.78 is 10.5. The Bertz CT molecular complexity index is 1170.